The molecular weight excluding hydrogens is 124 g/mol. The van der Waals surface area contributed by atoms with Gasteiger partial charge >= 0.3 is 0 Å². The molecule has 60 valence electrons. The first kappa shape index (κ1) is 9.34. The van der Waals surface area contributed by atoms with E-state index in [1.807, 2.05) is 6.20 Å². The predicted molar refractivity (Wildman–Crippen MR) is 45.4 cm³/mol. The molecule has 0 aromatic carbocycles. The maximum Gasteiger partial charge on any atom is 0.0266 e. The summed E-state index contributed by atoms with van der Waals surface area (Å²) in [7, 11) is 0. The average molecular weight is 142 g/mol. The Morgan fingerprint density at radius 1 is 1.30 bits per heavy atom. The summed E-state index contributed by atoms with van der Waals surface area (Å²) in [5.74, 6) is 0.436. The zero-order chi connectivity index (χ0) is 8.15. The van der Waals surface area contributed by atoms with Gasteiger partial charge in [0, 0.05) is 17.9 Å². The second kappa shape index (κ2) is 4.20. The van der Waals surface area contributed by atoms with Gasteiger partial charge in [-0.3, -0.25) is 0 Å². The fourth-order valence-corrected chi connectivity index (χ4v) is 0.430. The van der Waals surface area contributed by atoms with E-state index < -0.39 is 0 Å². The van der Waals surface area contributed by atoms with E-state index in [0.717, 1.165) is 5.70 Å². The van der Waals surface area contributed by atoms with Crippen LogP contribution in [0.15, 0.2) is 11.9 Å². The van der Waals surface area contributed by atoms with E-state index in [-0.39, 0.29) is 0 Å². The van der Waals surface area contributed by atoms with Crippen molar-refractivity contribution < 1.29 is 0 Å². The average Bonchev–Trinajstić information content (AvgIpc) is 1.82. The van der Waals surface area contributed by atoms with Crippen molar-refractivity contribution in [3.05, 3.63) is 11.9 Å². The highest BCUT2D eigenvalue weighted by Crippen LogP contribution is 1.99. The number of nitrogens with two attached hydrogens (primary N) is 1. The van der Waals surface area contributed by atoms with Crippen LogP contribution in [0, 0.1) is 5.92 Å². The quantitative estimate of drug-likeness (QED) is 0.625. The Bertz CT molecular complexity index is 114. The van der Waals surface area contributed by atoms with Crippen LogP contribution in [0.2, 0.25) is 0 Å². The SMILES string of the molecule is CC(C)N/C=C(\N)C(C)C. The van der Waals surface area contributed by atoms with Crippen LogP contribution < -0.4 is 11.1 Å². The van der Waals surface area contributed by atoms with E-state index in [1.54, 1.807) is 0 Å². The summed E-state index contributed by atoms with van der Waals surface area (Å²) in [5.41, 5.74) is 6.57. The number of allylic oxidation sites excluding steroid dienone is 1. The second-order valence-corrected chi connectivity index (χ2v) is 3.12. The van der Waals surface area contributed by atoms with Gasteiger partial charge in [0.15, 0.2) is 0 Å². The van der Waals surface area contributed by atoms with E-state index in [0.29, 0.717) is 12.0 Å². The molecule has 0 fully saturated rings. The monoisotopic (exact) mass is 142 g/mol. The van der Waals surface area contributed by atoms with Crippen molar-refractivity contribution in [2.75, 3.05) is 0 Å². The minimum Gasteiger partial charge on any atom is -0.401 e. The van der Waals surface area contributed by atoms with Crippen molar-refractivity contribution in [2.24, 2.45) is 11.7 Å². The highest BCUT2D eigenvalue weighted by Gasteiger charge is 1.95. The molecular formula is C8H18N2. The van der Waals surface area contributed by atoms with E-state index in [1.165, 1.54) is 0 Å². The largest absolute Gasteiger partial charge is 0.401 e. The molecule has 0 spiro atoms. The third kappa shape index (κ3) is 4.24. The molecule has 3 N–H and O–H groups in total. The highest BCUT2D eigenvalue weighted by molar-refractivity contribution is 4.97. The molecule has 0 atom stereocenters. The Kier molecular flexibility index (Phi) is 3.93. The molecule has 2 nitrogen and oxygen atoms in total. The van der Waals surface area contributed by atoms with Crippen molar-refractivity contribution in [3.63, 3.8) is 0 Å². The summed E-state index contributed by atoms with van der Waals surface area (Å²) in [4.78, 5) is 0. The molecule has 0 aliphatic rings. The third-order valence-electron chi connectivity index (χ3n) is 1.25. The molecule has 0 aromatic rings. The Morgan fingerprint density at radius 3 is 2.10 bits per heavy atom. The Hall–Kier alpha value is -0.660. The molecule has 0 aromatic heterocycles. The van der Waals surface area contributed by atoms with Crippen molar-refractivity contribution in [1.82, 2.24) is 5.32 Å². The summed E-state index contributed by atoms with van der Waals surface area (Å²) in [6.45, 7) is 8.33. The summed E-state index contributed by atoms with van der Waals surface area (Å²) in [6.07, 6.45) is 1.88. The molecule has 0 aliphatic carbocycles. The van der Waals surface area contributed by atoms with E-state index in [4.69, 9.17) is 5.73 Å². The van der Waals surface area contributed by atoms with Gasteiger partial charge in [0.2, 0.25) is 0 Å². The topological polar surface area (TPSA) is 38.0 Å². The van der Waals surface area contributed by atoms with Gasteiger partial charge in [0.25, 0.3) is 0 Å². The first-order chi connectivity index (χ1) is 4.54. The Balaban J connectivity index is 3.69. The molecule has 0 rings (SSSR count). The molecule has 10 heavy (non-hydrogen) atoms. The maximum absolute atomic E-state index is 5.66. The lowest BCUT2D eigenvalue weighted by atomic mass is 10.1. The lowest BCUT2D eigenvalue weighted by Gasteiger charge is -2.08. The first-order valence-corrected chi connectivity index (χ1v) is 3.75. The molecule has 0 saturated carbocycles. The van der Waals surface area contributed by atoms with Gasteiger partial charge in [0.05, 0.1) is 0 Å². The minimum atomic E-state index is 0.436. The van der Waals surface area contributed by atoms with Crippen molar-refractivity contribution in [2.45, 2.75) is 33.7 Å². The summed E-state index contributed by atoms with van der Waals surface area (Å²) < 4.78 is 0. The lowest BCUT2D eigenvalue weighted by molar-refractivity contribution is 0.673. The molecule has 0 saturated heterocycles. The van der Waals surface area contributed by atoms with E-state index >= 15 is 0 Å². The molecule has 0 amide bonds. The van der Waals surface area contributed by atoms with E-state index in [2.05, 4.69) is 33.0 Å². The zero-order valence-electron chi connectivity index (χ0n) is 7.31. The minimum absolute atomic E-state index is 0.436. The van der Waals surface area contributed by atoms with Crippen molar-refractivity contribution in [3.8, 4) is 0 Å². The van der Waals surface area contributed by atoms with Gasteiger partial charge in [0.1, 0.15) is 0 Å². The fraction of sp³-hybridized carbons (Fsp3) is 0.750. The van der Waals surface area contributed by atoms with Crippen LogP contribution in [0.25, 0.3) is 0 Å². The Labute approximate surface area is 63.5 Å². The van der Waals surface area contributed by atoms with Crippen LogP contribution >= 0.6 is 0 Å². The second-order valence-electron chi connectivity index (χ2n) is 3.12. The van der Waals surface area contributed by atoms with Gasteiger partial charge in [-0.25, -0.2) is 0 Å². The molecule has 0 aliphatic heterocycles. The van der Waals surface area contributed by atoms with Crippen LogP contribution in [0.5, 0.6) is 0 Å². The number of rotatable bonds is 3. The Morgan fingerprint density at radius 2 is 1.80 bits per heavy atom. The predicted octanol–water partition coefficient (Wildman–Crippen LogP) is 1.44. The number of hydrogen-bond donors (Lipinski definition) is 2. The normalized spacial score (nSPS) is 12.8. The van der Waals surface area contributed by atoms with Crippen LogP contribution in [0.4, 0.5) is 0 Å². The maximum atomic E-state index is 5.66. The van der Waals surface area contributed by atoms with Crippen LogP contribution in [0.1, 0.15) is 27.7 Å². The van der Waals surface area contributed by atoms with Gasteiger partial charge in [-0.2, -0.15) is 0 Å². The molecule has 0 bridgehead atoms. The van der Waals surface area contributed by atoms with Crippen LogP contribution in [-0.4, -0.2) is 6.04 Å². The van der Waals surface area contributed by atoms with Gasteiger partial charge in [-0.15, -0.1) is 0 Å². The van der Waals surface area contributed by atoms with Crippen molar-refractivity contribution in [1.29, 1.82) is 0 Å². The molecule has 2 heteroatoms. The summed E-state index contributed by atoms with van der Waals surface area (Å²) >= 11 is 0. The molecule has 0 heterocycles. The van der Waals surface area contributed by atoms with Crippen molar-refractivity contribution >= 4 is 0 Å². The number of hydrogen-bond acceptors (Lipinski definition) is 2. The molecule has 0 radical (unpaired) electrons. The van der Waals surface area contributed by atoms with Crippen LogP contribution in [-0.2, 0) is 0 Å². The standard InChI is InChI=1S/C8H18N2/c1-6(2)8(9)5-10-7(3)4/h5-7,10H,9H2,1-4H3/b8-5-. The van der Waals surface area contributed by atoms with Gasteiger partial charge < -0.3 is 11.1 Å². The van der Waals surface area contributed by atoms with Gasteiger partial charge in [-0.1, -0.05) is 13.8 Å². The number of nitrogens with one attached hydrogen (secondary N) is 1. The smallest absolute Gasteiger partial charge is 0.0266 e. The van der Waals surface area contributed by atoms with Crippen LogP contribution in [0.3, 0.4) is 0 Å². The lowest BCUT2D eigenvalue weighted by Crippen LogP contribution is -2.19. The first-order valence-electron chi connectivity index (χ1n) is 3.75. The van der Waals surface area contributed by atoms with E-state index in [9.17, 15) is 0 Å². The zero-order valence-corrected chi connectivity index (χ0v) is 7.31. The fourth-order valence-electron chi connectivity index (χ4n) is 0.430. The third-order valence-corrected chi connectivity index (χ3v) is 1.25. The summed E-state index contributed by atoms with van der Waals surface area (Å²) in [5, 5.41) is 3.14. The summed E-state index contributed by atoms with van der Waals surface area (Å²) in [6, 6.07) is 0.470. The molecule has 0 unspecified atom stereocenters. The van der Waals surface area contributed by atoms with Gasteiger partial charge in [-0.05, 0) is 19.8 Å². The highest BCUT2D eigenvalue weighted by atomic mass is 14.9.